The number of fused-ring (bicyclic) bond motifs is 2. The number of anilines is 4. The summed E-state index contributed by atoms with van der Waals surface area (Å²) in [4.78, 5) is 27.2. The van der Waals surface area contributed by atoms with E-state index in [0.29, 0.717) is 11.1 Å². The Balaban J connectivity index is 1.35. The van der Waals surface area contributed by atoms with Gasteiger partial charge >= 0.3 is 0 Å². The Labute approximate surface area is 189 Å². The Bertz CT molecular complexity index is 1210. The number of benzene rings is 4. The van der Waals surface area contributed by atoms with E-state index in [9.17, 15) is 9.59 Å². The maximum absolute atomic E-state index is 12.7. The smallest absolute Gasteiger partial charge is 0.255 e. The predicted molar refractivity (Wildman–Crippen MR) is 129 cm³/mol. The molecule has 5 nitrogen and oxygen atoms in total. The van der Waals surface area contributed by atoms with Crippen molar-refractivity contribution < 1.29 is 9.59 Å². The number of hydrogen-bond donors (Lipinski definition) is 3. The molecule has 5 rings (SSSR count). The van der Waals surface area contributed by atoms with Gasteiger partial charge in [-0.25, -0.2) is 0 Å². The van der Waals surface area contributed by atoms with Gasteiger partial charge in [0.1, 0.15) is 0 Å². The minimum Gasteiger partial charge on any atom is -0.354 e. The second-order valence-electron chi connectivity index (χ2n) is 7.29. The highest BCUT2D eigenvalue weighted by molar-refractivity contribution is 7.99. The zero-order chi connectivity index (χ0) is 21.9. The Hall–Kier alpha value is -4.03. The van der Waals surface area contributed by atoms with Crippen LogP contribution in [0.1, 0.15) is 20.7 Å². The van der Waals surface area contributed by atoms with Gasteiger partial charge in [0.05, 0.1) is 11.4 Å². The molecule has 0 unspecified atom stereocenters. The van der Waals surface area contributed by atoms with Crippen LogP contribution in [0.5, 0.6) is 0 Å². The molecule has 0 aliphatic carbocycles. The van der Waals surface area contributed by atoms with Gasteiger partial charge in [0.2, 0.25) is 0 Å². The van der Waals surface area contributed by atoms with Crippen molar-refractivity contribution in [3.05, 3.63) is 108 Å². The summed E-state index contributed by atoms with van der Waals surface area (Å²) in [5, 5.41) is 9.21. The quantitative estimate of drug-likeness (QED) is 0.304. The summed E-state index contributed by atoms with van der Waals surface area (Å²) in [6.45, 7) is 0. The molecule has 3 N–H and O–H groups in total. The summed E-state index contributed by atoms with van der Waals surface area (Å²) < 4.78 is 0. The molecule has 0 saturated carbocycles. The van der Waals surface area contributed by atoms with Crippen LogP contribution in [0.3, 0.4) is 0 Å². The first-order valence-corrected chi connectivity index (χ1v) is 10.9. The number of carbonyl (C=O) groups excluding carboxylic acids is 2. The van der Waals surface area contributed by atoms with Crippen LogP contribution in [0.2, 0.25) is 0 Å². The molecule has 0 saturated heterocycles. The van der Waals surface area contributed by atoms with E-state index in [4.69, 9.17) is 0 Å². The summed E-state index contributed by atoms with van der Waals surface area (Å²) in [5.74, 6) is -0.331. The van der Waals surface area contributed by atoms with Crippen LogP contribution in [0.4, 0.5) is 22.7 Å². The second kappa shape index (κ2) is 8.61. The lowest BCUT2D eigenvalue weighted by Gasteiger charge is -2.22. The van der Waals surface area contributed by atoms with Crippen molar-refractivity contribution in [3.8, 4) is 0 Å². The molecule has 1 aliphatic rings. The van der Waals surface area contributed by atoms with Crippen LogP contribution in [0.15, 0.2) is 107 Å². The van der Waals surface area contributed by atoms with Crippen molar-refractivity contribution in [2.75, 3.05) is 16.0 Å². The van der Waals surface area contributed by atoms with E-state index in [-0.39, 0.29) is 11.8 Å². The number of hydrogen-bond acceptors (Lipinski definition) is 4. The van der Waals surface area contributed by atoms with E-state index >= 15 is 0 Å². The maximum Gasteiger partial charge on any atom is 0.255 e. The van der Waals surface area contributed by atoms with Gasteiger partial charge in [-0.05, 0) is 60.7 Å². The fourth-order valence-electron chi connectivity index (χ4n) is 3.42. The van der Waals surface area contributed by atoms with E-state index in [1.54, 1.807) is 12.1 Å². The summed E-state index contributed by atoms with van der Waals surface area (Å²) in [6, 6.07) is 29.9. The molecule has 32 heavy (non-hydrogen) atoms. The molecule has 1 heterocycles. The molecule has 6 heteroatoms. The topological polar surface area (TPSA) is 70.2 Å². The van der Waals surface area contributed by atoms with Crippen molar-refractivity contribution in [1.82, 2.24) is 0 Å². The Morgan fingerprint density at radius 1 is 0.594 bits per heavy atom. The zero-order valence-corrected chi connectivity index (χ0v) is 17.8. The zero-order valence-electron chi connectivity index (χ0n) is 17.0. The molecular formula is C26H19N3O2S. The number of carbonyl (C=O) groups is 2. The molecule has 0 spiro atoms. The van der Waals surface area contributed by atoms with Crippen LogP contribution >= 0.6 is 11.8 Å². The lowest BCUT2D eigenvalue weighted by atomic mass is 10.1. The van der Waals surface area contributed by atoms with E-state index in [1.165, 1.54) is 11.8 Å². The summed E-state index contributed by atoms with van der Waals surface area (Å²) in [5.41, 5.74) is 4.51. The van der Waals surface area contributed by atoms with Crippen molar-refractivity contribution in [3.63, 3.8) is 0 Å². The third kappa shape index (κ3) is 4.22. The standard InChI is InChI=1S/C26H19N3O2S/c30-25(27-19-7-3-1-4-8-19)17-11-13-21-23(15-17)32-24-16-18(12-14-22(24)29-21)26(31)28-20-9-5-2-6-10-20/h1-16,29H,(H,27,30)(H,28,31). The van der Waals surface area contributed by atoms with Crippen molar-refractivity contribution in [2.24, 2.45) is 0 Å². The first-order valence-electron chi connectivity index (χ1n) is 10.1. The van der Waals surface area contributed by atoms with E-state index in [0.717, 1.165) is 32.5 Å². The molecule has 0 fully saturated rings. The third-order valence-electron chi connectivity index (χ3n) is 5.04. The van der Waals surface area contributed by atoms with Crippen molar-refractivity contribution >= 4 is 46.3 Å². The average Bonchev–Trinajstić information content (AvgIpc) is 2.83. The normalized spacial score (nSPS) is 11.5. The first kappa shape index (κ1) is 19.9. The molecule has 1 aliphatic heterocycles. The van der Waals surface area contributed by atoms with Crippen LogP contribution in [-0.4, -0.2) is 11.8 Å². The highest BCUT2D eigenvalue weighted by Gasteiger charge is 2.19. The van der Waals surface area contributed by atoms with Gasteiger partial charge in [-0.2, -0.15) is 0 Å². The van der Waals surface area contributed by atoms with Crippen LogP contribution in [-0.2, 0) is 0 Å². The van der Waals surface area contributed by atoms with Gasteiger partial charge in [0.25, 0.3) is 11.8 Å². The lowest BCUT2D eigenvalue weighted by molar-refractivity contribution is 0.101. The monoisotopic (exact) mass is 437 g/mol. The Kier molecular flexibility index (Phi) is 5.35. The summed E-state index contributed by atoms with van der Waals surface area (Å²) in [7, 11) is 0. The van der Waals surface area contributed by atoms with Gasteiger partial charge in [-0.3, -0.25) is 9.59 Å². The van der Waals surface area contributed by atoms with Gasteiger partial charge < -0.3 is 16.0 Å². The fraction of sp³-hybridized carbons (Fsp3) is 0. The lowest BCUT2D eigenvalue weighted by Crippen LogP contribution is -2.13. The number of nitrogens with one attached hydrogen (secondary N) is 3. The molecular weight excluding hydrogens is 418 g/mol. The summed E-state index contributed by atoms with van der Waals surface area (Å²) in [6.07, 6.45) is 0. The number of amides is 2. The molecule has 156 valence electrons. The van der Waals surface area contributed by atoms with Gasteiger partial charge in [-0.15, -0.1) is 0 Å². The molecule has 0 bridgehead atoms. The fourth-order valence-corrected chi connectivity index (χ4v) is 4.48. The first-order chi connectivity index (χ1) is 15.7. The van der Waals surface area contributed by atoms with Gasteiger partial charge in [-0.1, -0.05) is 48.2 Å². The summed E-state index contributed by atoms with van der Waals surface area (Å²) >= 11 is 1.54. The van der Waals surface area contributed by atoms with Crippen molar-refractivity contribution in [1.29, 1.82) is 0 Å². The minimum absolute atomic E-state index is 0.165. The van der Waals surface area contributed by atoms with Crippen molar-refractivity contribution in [2.45, 2.75) is 9.79 Å². The molecule has 4 aromatic rings. The predicted octanol–water partition coefficient (Wildman–Crippen LogP) is 6.40. The highest BCUT2D eigenvalue weighted by Crippen LogP contribution is 2.44. The largest absolute Gasteiger partial charge is 0.354 e. The Morgan fingerprint density at radius 2 is 1.03 bits per heavy atom. The second-order valence-corrected chi connectivity index (χ2v) is 8.37. The molecule has 0 aromatic heterocycles. The van der Waals surface area contributed by atoms with Crippen LogP contribution in [0.25, 0.3) is 0 Å². The minimum atomic E-state index is -0.165. The number of para-hydroxylation sites is 2. The molecule has 0 atom stereocenters. The third-order valence-corrected chi connectivity index (χ3v) is 6.16. The highest BCUT2D eigenvalue weighted by atomic mass is 32.2. The maximum atomic E-state index is 12.7. The van der Waals surface area contributed by atoms with E-state index < -0.39 is 0 Å². The van der Waals surface area contributed by atoms with Crippen LogP contribution < -0.4 is 16.0 Å². The van der Waals surface area contributed by atoms with E-state index in [1.807, 2.05) is 84.9 Å². The Morgan fingerprint density at radius 3 is 1.47 bits per heavy atom. The molecule has 4 aromatic carbocycles. The SMILES string of the molecule is O=C(Nc1ccccc1)c1ccc2c(c1)Sc1cc(C(=O)Nc3ccccc3)ccc1N2. The molecule has 2 amide bonds. The van der Waals surface area contributed by atoms with Crippen LogP contribution in [0, 0.1) is 0 Å². The molecule has 0 radical (unpaired) electrons. The number of rotatable bonds is 4. The van der Waals surface area contributed by atoms with E-state index in [2.05, 4.69) is 16.0 Å². The van der Waals surface area contributed by atoms with Gasteiger partial charge in [0.15, 0.2) is 0 Å². The average molecular weight is 438 g/mol. The van der Waals surface area contributed by atoms with Gasteiger partial charge in [0, 0.05) is 32.3 Å².